The zero-order valence-corrected chi connectivity index (χ0v) is 12.0. The Labute approximate surface area is 125 Å². The third kappa shape index (κ3) is 4.09. The lowest BCUT2D eigenvalue weighted by atomic mass is 10.2. The van der Waals surface area contributed by atoms with Crippen molar-refractivity contribution in [3.63, 3.8) is 0 Å². The van der Waals surface area contributed by atoms with E-state index in [2.05, 4.69) is 29.6 Å². The molecule has 0 aliphatic heterocycles. The molecule has 3 rings (SSSR count). The van der Waals surface area contributed by atoms with Crippen LogP contribution in [0.4, 0.5) is 4.79 Å². The van der Waals surface area contributed by atoms with Crippen molar-refractivity contribution in [1.82, 2.24) is 10.2 Å². The molecule has 1 saturated carbocycles. The summed E-state index contributed by atoms with van der Waals surface area (Å²) in [5.41, 5.74) is 2.30. The van der Waals surface area contributed by atoms with E-state index in [1.54, 1.807) is 0 Å². The highest BCUT2D eigenvalue weighted by Crippen LogP contribution is 2.20. The van der Waals surface area contributed by atoms with Gasteiger partial charge in [0.1, 0.15) is 0 Å². The molecular formula is C18H20N2O. The Morgan fingerprint density at radius 3 is 1.81 bits per heavy atom. The van der Waals surface area contributed by atoms with Gasteiger partial charge in [0.15, 0.2) is 0 Å². The number of urea groups is 1. The van der Waals surface area contributed by atoms with Crippen molar-refractivity contribution in [1.29, 1.82) is 0 Å². The van der Waals surface area contributed by atoms with Crippen LogP contribution in [0, 0.1) is 0 Å². The monoisotopic (exact) mass is 280 g/mol. The van der Waals surface area contributed by atoms with Crippen molar-refractivity contribution >= 4 is 6.03 Å². The van der Waals surface area contributed by atoms with E-state index in [9.17, 15) is 4.79 Å². The summed E-state index contributed by atoms with van der Waals surface area (Å²) in [6.45, 7) is 1.27. The van der Waals surface area contributed by atoms with Crippen molar-refractivity contribution in [2.24, 2.45) is 0 Å². The van der Waals surface area contributed by atoms with Crippen LogP contribution >= 0.6 is 0 Å². The number of amides is 2. The Kier molecular flexibility index (Phi) is 4.20. The molecule has 0 spiro atoms. The lowest BCUT2D eigenvalue weighted by molar-refractivity contribution is 0.192. The topological polar surface area (TPSA) is 32.3 Å². The zero-order valence-electron chi connectivity index (χ0n) is 12.0. The van der Waals surface area contributed by atoms with E-state index < -0.39 is 0 Å². The summed E-state index contributed by atoms with van der Waals surface area (Å²) < 4.78 is 0. The fourth-order valence-electron chi connectivity index (χ4n) is 2.30. The summed E-state index contributed by atoms with van der Waals surface area (Å²) >= 11 is 0. The minimum absolute atomic E-state index is 0.0326. The molecular weight excluding hydrogens is 260 g/mol. The fraction of sp³-hybridized carbons (Fsp3) is 0.278. The van der Waals surface area contributed by atoms with Gasteiger partial charge in [-0.15, -0.1) is 0 Å². The van der Waals surface area contributed by atoms with Crippen LogP contribution in [0.5, 0.6) is 0 Å². The molecule has 0 radical (unpaired) electrons. The molecule has 2 aromatic carbocycles. The van der Waals surface area contributed by atoms with Gasteiger partial charge in [-0.1, -0.05) is 60.7 Å². The van der Waals surface area contributed by atoms with Crippen molar-refractivity contribution < 1.29 is 4.79 Å². The largest absolute Gasteiger partial charge is 0.335 e. The molecule has 3 nitrogen and oxygen atoms in total. The molecule has 2 aromatic rings. The Bertz CT molecular complexity index is 537. The van der Waals surface area contributed by atoms with Crippen LogP contribution in [0.3, 0.4) is 0 Å². The second-order valence-electron chi connectivity index (χ2n) is 5.55. The lowest BCUT2D eigenvalue weighted by Gasteiger charge is -2.23. The van der Waals surface area contributed by atoms with Gasteiger partial charge in [-0.25, -0.2) is 4.79 Å². The lowest BCUT2D eigenvalue weighted by Crippen LogP contribution is -2.40. The molecule has 0 atom stereocenters. The molecule has 0 saturated heterocycles. The molecule has 0 heterocycles. The van der Waals surface area contributed by atoms with Crippen LogP contribution in [0.2, 0.25) is 0 Å². The predicted octanol–water partition coefficient (Wildman–Crippen LogP) is 3.56. The van der Waals surface area contributed by atoms with Crippen molar-refractivity contribution in [2.75, 3.05) is 0 Å². The van der Waals surface area contributed by atoms with Crippen LogP contribution < -0.4 is 5.32 Å². The van der Waals surface area contributed by atoms with Crippen molar-refractivity contribution in [3.8, 4) is 0 Å². The highest BCUT2D eigenvalue weighted by molar-refractivity contribution is 5.74. The number of nitrogens with one attached hydrogen (secondary N) is 1. The Morgan fingerprint density at radius 2 is 1.38 bits per heavy atom. The molecule has 3 heteroatoms. The molecule has 0 bridgehead atoms. The first-order valence-corrected chi connectivity index (χ1v) is 7.44. The van der Waals surface area contributed by atoms with Crippen LogP contribution in [-0.2, 0) is 13.1 Å². The Hall–Kier alpha value is -2.29. The van der Waals surface area contributed by atoms with E-state index in [4.69, 9.17) is 0 Å². The third-order valence-corrected chi connectivity index (χ3v) is 3.62. The van der Waals surface area contributed by atoms with Gasteiger partial charge in [0.25, 0.3) is 0 Å². The second-order valence-corrected chi connectivity index (χ2v) is 5.55. The summed E-state index contributed by atoms with van der Waals surface area (Å²) in [4.78, 5) is 14.3. The zero-order chi connectivity index (χ0) is 14.5. The fourth-order valence-corrected chi connectivity index (χ4v) is 2.30. The summed E-state index contributed by atoms with van der Waals surface area (Å²) in [6.07, 6.45) is 2.21. The number of carbonyl (C=O) groups is 1. The number of rotatable bonds is 5. The molecule has 1 N–H and O–H groups in total. The van der Waals surface area contributed by atoms with Crippen molar-refractivity contribution in [2.45, 2.75) is 32.0 Å². The van der Waals surface area contributed by atoms with Crippen molar-refractivity contribution in [3.05, 3.63) is 71.8 Å². The van der Waals surface area contributed by atoms with Gasteiger partial charge < -0.3 is 10.2 Å². The Morgan fingerprint density at radius 1 is 0.905 bits per heavy atom. The maximum absolute atomic E-state index is 12.4. The summed E-state index contributed by atoms with van der Waals surface area (Å²) in [6, 6.07) is 20.7. The van der Waals surface area contributed by atoms with E-state index in [1.165, 1.54) is 0 Å². The van der Waals surface area contributed by atoms with Gasteiger partial charge in [-0.2, -0.15) is 0 Å². The highest BCUT2D eigenvalue weighted by atomic mass is 16.2. The minimum atomic E-state index is 0.0326. The van der Waals surface area contributed by atoms with E-state index in [1.807, 2.05) is 41.3 Å². The molecule has 1 aliphatic carbocycles. The Balaban J connectivity index is 1.71. The number of hydrogen-bond donors (Lipinski definition) is 1. The van der Waals surface area contributed by atoms with Crippen LogP contribution in [-0.4, -0.2) is 17.0 Å². The first-order chi connectivity index (χ1) is 10.3. The molecule has 1 fully saturated rings. The van der Waals surface area contributed by atoms with Crippen LogP contribution in [0.25, 0.3) is 0 Å². The molecule has 108 valence electrons. The standard InChI is InChI=1S/C18H20N2O/c21-18(19-17-11-12-17)20(13-15-7-3-1-4-8-15)14-16-9-5-2-6-10-16/h1-10,17H,11-14H2,(H,19,21). The third-order valence-electron chi connectivity index (χ3n) is 3.62. The first kappa shape index (κ1) is 13.7. The van der Waals surface area contributed by atoms with E-state index in [0.717, 1.165) is 24.0 Å². The quantitative estimate of drug-likeness (QED) is 0.892. The summed E-state index contributed by atoms with van der Waals surface area (Å²) in [7, 11) is 0. The van der Waals surface area contributed by atoms with E-state index in [0.29, 0.717) is 19.1 Å². The van der Waals surface area contributed by atoms with Crippen LogP contribution in [0.1, 0.15) is 24.0 Å². The van der Waals surface area contributed by atoms with Gasteiger partial charge in [0, 0.05) is 19.1 Å². The van der Waals surface area contributed by atoms with Crippen LogP contribution in [0.15, 0.2) is 60.7 Å². The molecule has 0 unspecified atom stereocenters. The summed E-state index contributed by atoms with van der Waals surface area (Å²) in [5, 5.41) is 3.08. The summed E-state index contributed by atoms with van der Waals surface area (Å²) in [5.74, 6) is 0. The normalized spacial score (nSPS) is 13.7. The SMILES string of the molecule is O=C(NC1CC1)N(Cc1ccccc1)Cc1ccccc1. The maximum atomic E-state index is 12.4. The van der Waals surface area contributed by atoms with Gasteiger partial charge in [-0.3, -0.25) is 0 Å². The minimum Gasteiger partial charge on any atom is -0.335 e. The van der Waals surface area contributed by atoms with Gasteiger partial charge >= 0.3 is 6.03 Å². The number of nitrogens with zero attached hydrogens (tertiary/aromatic N) is 1. The van der Waals surface area contributed by atoms with E-state index >= 15 is 0 Å². The predicted molar refractivity (Wildman–Crippen MR) is 83.7 cm³/mol. The van der Waals surface area contributed by atoms with Gasteiger partial charge in [0.05, 0.1) is 0 Å². The number of hydrogen-bond acceptors (Lipinski definition) is 1. The van der Waals surface area contributed by atoms with Gasteiger partial charge in [0.2, 0.25) is 0 Å². The molecule has 1 aliphatic rings. The molecule has 0 aromatic heterocycles. The van der Waals surface area contributed by atoms with Gasteiger partial charge in [-0.05, 0) is 24.0 Å². The maximum Gasteiger partial charge on any atom is 0.318 e. The highest BCUT2D eigenvalue weighted by Gasteiger charge is 2.26. The molecule has 21 heavy (non-hydrogen) atoms. The number of benzene rings is 2. The average molecular weight is 280 g/mol. The smallest absolute Gasteiger partial charge is 0.318 e. The molecule has 2 amide bonds. The van der Waals surface area contributed by atoms with E-state index in [-0.39, 0.29) is 6.03 Å². The second kappa shape index (κ2) is 6.44. The first-order valence-electron chi connectivity index (χ1n) is 7.44. The number of carbonyl (C=O) groups excluding carboxylic acids is 1. The average Bonchev–Trinajstić information content (AvgIpc) is 3.33.